The molecule has 0 aliphatic carbocycles. The van der Waals surface area contributed by atoms with Crippen molar-refractivity contribution >= 4 is 17.5 Å². The van der Waals surface area contributed by atoms with Crippen molar-refractivity contribution in [3.05, 3.63) is 42.1 Å². The fraction of sp³-hybridized carbons (Fsp3) is 0.560. The maximum Gasteiger partial charge on any atom is 0.227 e. The van der Waals surface area contributed by atoms with Crippen LogP contribution in [0.5, 0.6) is 5.75 Å². The van der Waals surface area contributed by atoms with Crippen molar-refractivity contribution in [2.45, 2.75) is 57.7 Å². The van der Waals surface area contributed by atoms with Crippen molar-refractivity contribution in [2.75, 3.05) is 43.1 Å². The van der Waals surface area contributed by atoms with Crippen molar-refractivity contribution in [1.82, 2.24) is 9.97 Å². The molecule has 172 valence electrons. The number of piperidine rings is 1. The number of carbonyl (C=O) groups is 1. The summed E-state index contributed by atoms with van der Waals surface area (Å²) in [4.78, 5) is 25.2. The van der Waals surface area contributed by atoms with Crippen LogP contribution in [-0.2, 0) is 9.53 Å². The van der Waals surface area contributed by atoms with Gasteiger partial charge in [0.2, 0.25) is 5.95 Å². The zero-order valence-corrected chi connectivity index (χ0v) is 19.4. The molecule has 2 aliphatic rings. The predicted octanol–water partition coefficient (Wildman–Crippen LogP) is 3.83. The van der Waals surface area contributed by atoms with E-state index in [0.717, 1.165) is 63.0 Å². The van der Waals surface area contributed by atoms with Crippen LogP contribution in [0.1, 0.15) is 51.0 Å². The Balaban J connectivity index is 1.34. The second-order valence-corrected chi connectivity index (χ2v) is 9.01. The minimum Gasteiger partial charge on any atom is -0.489 e. The van der Waals surface area contributed by atoms with Gasteiger partial charge in [-0.25, -0.2) is 4.98 Å². The Labute approximate surface area is 190 Å². The van der Waals surface area contributed by atoms with E-state index >= 15 is 0 Å². The number of rotatable bonds is 8. The van der Waals surface area contributed by atoms with Gasteiger partial charge in [0.05, 0.1) is 12.6 Å². The Morgan fingerprint density at radius 1 is 1.09 bits per heavy atom. The van der Waals surface area contributed by atoms with Crippen LogP contribution in [0.2, 0.25) is 0 Å². The number of nitrogens with zero attached hydrogens (tertiary/aromatic N) is 4. The van der Waals surface area contributed by atoms with Crippen LogP contribution in [0, 0.1) is 0 Å². The summed E-state index contributed by atoms with van der Waals surface area (Å²) >= 11 is 0. The first kappa shape index (κ1) is 22.5. The van der Waals surface area contributed by atoms with Crippen molar-refractivity contribution < 1.29 is 14.3 Å². The number of carbonyl (C=O) groups excluding carboxylic acids is 1. The molecule has 3 heterocycles. The van der Waals surface area contributed by atoms with E-state index in [2.05, 4.69) is 33.8 Å². The summed E-state index contributed by atoms with van der Waals surface area (Å²) in [5.74, 6) is 3.06. The molecule has 1 aromatic heterocycles. The number of hydrogen-bond donors (Lipinski definition) is 0. The Morgan fingerprint density at radius 3 is 2.62 bits per heavy atom. The van der Waals surface area contributed by atoms with Gasteiger partial charge >= 0.3 is 0 Å². The highest BCUT2D eigenvalue weighted by molar-refractivity contribution is 5.76. The summed E-state index contributed by atoms with van der Waals surface area (Å²) < 4.78 is 11.8. The van der Waals surface area contributed by atoms with Crippen molar-refractivity contribution in [2.24, 2.45) is 0 Å². The molecule has 2 saturated heterocycles. The highest BCUT2D eigenvalue weighted by Gasteiger charge is 2.27. The highest BCUT2D eigenvalue weighted by atomic mass is 16.5. The van der Waals surface area contributed by atoms with E-state index in [1.54, 1.807) is 14.0 Å². The van der Waals surface area contributed by atoms with E-state index < -0.39 is 0 Å². The highest BCUT2D eigenvalue weighted by Crippen LogP contribution is 2.26. The first-order chi connectivity index (χ1) is 15.5. The van der Waals surface area contributed by atoms with Gasteiger partial charge in [-0.2, -0.15) is 4.98 Å². The topological polar surface area (TPSA) is 67.8 Å². The van der Waals surface area contributed by atoms with Crippen molar-refractivity contribution in [1.29, 1.82) is 0 Å². The van der Waals surface area contributed by atoms with E-state index in [-0.39, 0.29) is 23.9 Å². The van der Waals surface area contributed by atoms with Crippen LogP contribution in [-0.4, -0.2) is 61.2 Å². The number of ether oxygens (including phenoxy) is 2. The van der Waals surface area contributed by atoms with Gasteiger partial charge in [-0.05, 0) is 49.4 Å². The average molecular weight is 439 g/mol. The summed E-state index contributed by atoms with van der Waals surface area (Å²) in [5, 5.41) is 0. The molecule has 0 bridgehead atoms. The summed E-state index contributed by atoms with van der Waals surface area (Å²) in [5.41, 5.74) is 1.17. The summed E-state index contributed by atoms with van der Waals surface area (Å²) in [6, 6.07) is 10.1. The van der Waals surface area contributed by atoms with E-state index in [1.807, 2.05) is 24.4 Å². The van der Waals surface area contributed by atoms with E-state index in [9.17, 15) is 4.79 Å². The zero-order chi connectivity index (χ0) is 22.5. The van der Waals surface area contributed by atoms with Gasteiger partial charge in [-0.15, -0.1) is 0 Å². The van der Waals surface area contributed by atoms with Crippen LogP contribution >= 0.6 is 0 Å². The summed E-state index contributed by atoms with van der Waals surface area (Å²) in [7, 11) is 1.77. The number of benzene rings is 1. The third-order valence-electron chi connectivity index (χ3n) is 6.44. The van der Waals surface area contributed by atoms with Crippen LogP contribution in [0.25, 0.3) is 0 Å². The molecule has 2 aromatic rings. The maximum absolute atomic E-state index is 11.4. The fourth-order valence-electron chi connectivity index (χ4n) is 4.63. The molecule has 1 unspecified atom stereocenters. The molecule has 1 aromatic carbocycles. The van der Waals surface area contributed by atoms with Gasteiger partial charge in [-0.3, -0.25) is 0 Å². The molecular weight excluding hydrogens is 404 g/mol. The largest absolute Gasteiger partial charge is 0.489 e. The molecule has 7 nitrogen and oxygen atoms in total. The molecule has 2 aliphatic heterocycles. The molecule has 2 fully saturated rings. The molecule has 0 N–H and O–H groups in total. The standard InChI is InChI=1S/C25H34N4O3/c1-18(15-19(2)30)20-6-8-21(9-7-20)32-23-11-14-28(17-23)24-10-12-26-25(27-24)29-13-4-5-22(16-29)31-3/h6-10,12,18,22-23H,4-5,11,13-17H2,1-3H3/t18-,22?,23-/m1/s1. The molecule has 0 amide bonds. The molecule has 7 heteroatoms. The lowest BCUT2D eigenvalue weighted by atomic mass is 9.96. The molecule has 3 atom stereocenters. The lowest BCUT2D eigenvalue weighted by Crippen LogP contribution is -2.40. The van der Waals surface area contributed by atoms with Crippen LogP contribution < -0.4 is 14.5 Å². The molecule has 0 spiro atoms. The zero-order valence-electron chi connectivity index (χ0n) is 19.4. The normalized spacial score (nSPS) is 22.1. The number of ketones is 1. The fourth-order valence-corrected chi connectivity index (χ4v) is 4.63. The third kappa shape index (κ3) is 5.57. The Kier molecular flexibility index (Phi) is 7.25. The lowest BCUT2D eigenvalue weighted by Gasteiger charge is -2.32. The van der Waals surface area contributed by atoms with Crippen LogP contribution in [0.15, 0.2) is 36.5 Å². The quantitative estimate of drug-likeness (QED) is 0.620. The first-order valence-electron chi connectivity index (χ1n) is 11.6. The van der Waals surface area contributed by atoms with Gasteiger partial charge < -0.3 is 24.1 Å². The third-order valence-corrected chi connectivity index (χ3v) is 6.44. The molecule has 0 saturated carbocycles. The summed E-state index contributed by atoms with van der Waals surface area (Å²) in [6.07, 6.45) is 5.94. The Morgan fingerprint density at radius 2 is 1.88 bits per heavy atom. The Bertz CT molecular complexity index is 904. The van der Waals surface area contributed by atoms with Gasteiger partial charge in [0.25, 0.3) is 0 Å². The SMILES string of the molecule is COC1CCCN(c2nccc(N3CC[C@@H](Oc4ccc([C@H](C)CC(C)=O)cc4)C3)n2)C1. The molecule has 32 heavy (non-hydrogen) atoms. The predicted molar refractivity (Wildman–Crippen MR) is 126 cm³/mol. The van der Waals surface area contributed by atoms with Crippen molar-refractivity contribution in [3.63, 3.8) is 0 Å². The number of Topliss-reactive ketones (excluding diaryl/α,β-unsaturated/α-hetero) is 1. The summed E-state index contributed by atoms with van der Waals surface area (Å²) in [6.45, 7) is 7.25. The number of anilines is 2. The van der Waals surface area contributed by atoms with Gasteiger partial charge in [0.1, 0.15) is 23.5 Å². The number of aromatic nitrogens is 2. The van der Waals surface area contributed by atoms with E-state index in [0.29, 0.717) is 6.42 Å². The lowest BCUT2D eigenvalue weighted by molar-refractivity contribution is -0.117. The van der Waals surface area contributed by atoms with E-state index in [4.69, 9.17) is 14.5 Å². The molecular formula is C25H34N4O3. The van der Waals surface area contributed by atoms with Crippen LogP contribution in [0.4, 0.5) is 11.8 Å². The second-order valence-electron chi connectivity index (χ2n) is 9.01. The Hall–Kier alpha value is -2.67. The maximum atomic E-state index is 11.4. The number of hydrogen-bond acceptors (Lipinski definition) is 7. The molecule has 0 radical (unpaired) electrons. The minimum absolute atomic E-state index is 0.127. The van der Waals surface area contributed by atoms with Gasteiger partial charge in [0, 0.05) is 45.8 Å². The van der Waals surface area contributed by atoms with Crippen molar-refractivity contribution in [3.8, 4) is 5.75 Å². The molecule has 4 rings (SSSR count). The van der Waals surface area contributed by atoms with E-state index in [1.165, 1.54) is 5.56 Å². The average Bonchev–Trinajstić information content (AvgIpc) is 3.28. The second kappa shape index (κ2) is 10.3. The van der Waals surface area contributed by atoms with Crippen LogP contribution in [0.3, 0.4) is 0 Å². The first-order valence-corrected chi connectivity index (χ1v) is 11.6. The minimum atomic E-state index is 0.127. The van der Waals surface area contributed by atoms with Gasteiger partial charge in [0.15, 0.2) is 0 Å². The van der Waals surface area contributed by atoms with Gasteiger partial charge in [-0.1, -0.05) is 19.1 Å². The smallest absolute Gasteiger partial charge is 0.227 e. The number of methoxy groups -OCH3 is 1. The monoisotopic (exact) mass is 438 g/mol.